The zero-order chi connectivity index (χ0) is 22.0. The van der Waals surface area contributed by atoms with Crippen LogP contribution in [-0.4, -0.2) is 20.9 Å². The van der Waals surface area contributed by atoms with E-state index >= 15 is 4.39 Å². The van der Waals surface area contributed by atoms with Crippen molar-refractivity contribution >= 4 is 17.6 Å². The van der Waals surface area contributed by atoms with Crippen LogP contribution in [0.25, 0.3) is 11.1 Å². The summed E-state index contributed by atoms with van der Waals surface area (Å²) in [7, 11) is 1.46. The third-order valence-corrected chi connectivity index (χ3v) is 5.47. The molecule has 2 aromatic carbocycles. The average Bonchev–Trinajstić information content (AvgIpc) is 2.69. The van der Waals surface area contributed by atoms with Crippen molar-refractivity contribution in [2.45, 2.75) is 33.1 Å². The quantitative estimate of drug-likeness (QED) is 0.636. The topological polar surface area (TPSA) is 72.2 Å². The zero-order valence-corrected chi connectivity index (χ0v) is 17.8. The number of hydrogen-bond acceptors (Lipinski definition) is 3. The van der Waals surface area contributed by atoms with E-state index in [-0.39, 0.29) is 16.7 Å². The summed E-state index contributed by atoms with van der Waals surface area (Å²) >= 11 is 6.43. The van der Waals surface area contributed by atoms with Crippen molar-refractivity contribution < 1.29 is 14.3 Å². The number of aromatic nitrogens is 2. The number of aliphatic carboxylic acids is 1. The molecule has 0 aliphatic rings. The molecule has 0 radical (unpaired) electrons. The van der Waals surface area contributed by atoms with Gasteiger partial charge < -0.3 is 5.11 Å². The number of benzene rings is 2. The first-order valence-corrected chi connectivity index (χ1v) is 9.88. The van der Waals surface area contributed by atoms with Gasteiger partial charge in [0.1, 0.15) is 5.82 Å². The van der Waals surface area contributed by atoms with Gasteiger partial charge in [0.05, 0.1) is 17.7 Å². The number of rotatable bonds is 6. The Hall–Kier alpha value is -2.99. The van der Waals surface area contributed by atoms with Crippen molar-refractivity contribution in [3.8, 4) is 11.1 Å². The minimum Gasteiger partial charge on any atom is -0.481 e. The second-order valence-corrected chi connectivity index (χ2v) is 7.71. The van der Waals surface area contributed by atoms with Crippen LogP contribution in [0.3, 0.4) is 0 Å². The highest BCUT2D eigenvalue weighted by Crippen LogP contribution is 2.34. The van der Waals surface area contributed by atoms with Gasteiger partial charge in [-0.25, -0.2) is 9.07 Å². The lowest BCUT2D eigenvalue weighted by molar-refractivity contribution is -0.136. The SMILES string of the molecule is Cc1ccc(CCc2c(Cl)ccc(F)c2-c2c(CC(=O)O)c(C)nn(C)c2=O)cc1. The molecule has 3 rings (SSSR count). The molecule has 7 heteroatoms. The van der Waals surface area contributed by atoms with E-state index in [9.17, 15) is 14.7 Å². The first-order valence-electron chi connectivity index (χ1n) is 9.50. The number of aryl methyl sites for hydroxylation is 4. The third-order valence-electron chi connectivity index (χ3n) is 5.11. The lowest BCUT2D eigenvalue weighted by atomic mass is 9.91. The molecule has 1 heterocycles. The molecule has 0 saturated carbocycles. The van der Waals surface area contributed by atoms with E-state index in [0.717, 1.165) is 15.8 Å². The van der Waals surface area contributed by atoms with Crippen LogP contribution in [0, 0.1) is 19.7 Å². The van der Waals surface area contributed by atoms with E-state index in [1.54, 1.807) is 6.92 Å². The average molecular weight is 429 g/mol. The van der Waals surface area contributed by atoms with Crippen LogP contribution < -0.4 is 5.56 Å². The van der Waals surface area contributed by atoms with Gasteiger partial charge in [-0.1, -0.05) is 41.4 Å². The molecule has 156 valence electrons. The molecule has 0 aliphatic heterocycles. The maximum absolute atomic E-state index is 15.1. The minimum atomic E-state index is -1.13. The smallest absolute Gasteiger partial charge is 0.307 e. The van der Waals surface area contributed by atoms with E-state index in [2.05, 4.69) is 5.10 Å². The highest BCUT2D eigenvalue weighted by molar-refractivity contribution is 6.31. The zero-order valence-electron chi connectivity index (χ0n) is 17.0. The molecular formula is C23H22ClFN2O3. The fourth-order valence-electron chi connectivity index (χ4n) is 3.56. The Bertz CT molecular complexity index is 1170. The summed E-state index contributed by atoms with van der Waals surface area (Å²) in [4.78, 5) is 24.4. The predicted octanol–water partition coefficient (Wildman–Crippen LogP) is 4.27. The number of carbonyl (C=O) groups is 1. The van der Waals surface area contributed by atoms with Gasteiger partial charge in [0.2, 0.25) is 0 Å². The summed E-state index contributed by atoms with van der Waals surface area (Å²) in [5, 5.41) is 13.7. The predicted molar refractivity (Wildman–Crippen MR) is 115 cm³/mol. The molecule has 0 saturated heterocycles. The van der Waals surface area contributed by atoms with E-state index in [1.807, 2.05) is 31.2 Å². The van der Waals surface area contributed by atoms with Gasteiger partial charge in [0.15, 0.2) is 0 Å². The summed E-state index contributed by atoms with van der Waals surface area (Å²) in [6.07, 6.45) is 0.550. The summed E-state index contributed by atoms with van der Waals surface area (Å²) in [6.45, 7) is 3.60. The molecule has 0 aliphatic carbocycles. The van der Waals surface area contributed by atoms with Crippen molar-refractivity contribution in [2.24, 2.45) is 7.05 Å². The Morgan fingerprint density at radius 3 is 2.37 bits per heavy atom. The van der Waals surface area contributed by atoms with Crippen molar-refractivity contribution in [1.29, 1.82) is 0 Å². The van der Waals surface area contributed by atoms with Gasteiger partial charge >= 0.3 is 5.97 Å². The first kappa shape index (κ1) is 21.7. The third kappa shape index (κ3) is 4.44. The molecule has 5 nitrogen and oxygen atoms in total. The lowest BCUT2D eigenvalue weighted by Gasteiger charge is -2.17. The molecule has 0 amide bonds. The van der Waals surface area contributed by atoms with Gasteiger partial charge in [0, 0.05) is 17.6 Å². The number of hydrogen-bond donors (Lipinski definition) is 1. The normalized spacial score (nSPS) is 11.0. The largest absolute Gasteiger partial charge is 0.481 e. The molecular weight excluding hydrogens is 407 g/mol. The van der Waals surface area contributed by atoms with Crippen LogP contribution in [0.15, 0.2) is 41.2 Å². The summed E-state index contributed by atoms with van der Waals surface area (Å²) in [6, 6.07) is 10.6. The molecule has 0 bridgehead atoms. The van der Waals surface area contributed by atoms with Crippen molar-refractivity contribution in [3.63, 3.8) is 0 Å². The second-order valence-electron chi connectivity index (χ2n) is 7.31. The fourth-order valence-corrected chi connectivity index (χ4v) is 3.81. The molecule has 30 heavy (non-hydrogen) atoms. The molecule has 1 N–H and O–H groups in total. The monoisotopic (exact) mass is 428 g/mol. The molecule has 0 atom stereocenters. The van der Waals surface area contributed by atoms with Gasteiger partial charge in [-0.15, -0.1) is 0 Å². The van der Waals surface area contributed by atoms with Crippen molar-refractivity contribution in [2.75, 3.05) is 0 Å². The van der Waals surface area contributed by atoms with Crippen LogP contribution in [-0.2, 0) is 31.1 Å². The second kappa shape index (κ2) is 8.79. The van der Waals surface area contributed by atoms with E-state index in [1.165, 1.54) is 19.2 Å². The van der Waals surface area contributed by atoms with Gasteiger partial charge in [-0.05, 0) is 55.5 Å². The Morgan fingerprint density at radius 1 is 1.07 bits per heavy atom. The highest BCUT2D eigenvalue weighted by atomic mass is 35.5. The molecule has 0 unspecified atom stereocenters. The van der Waals surface area contributed by atoms with Gasteiger partial charge in [-0.2, -0.15) is 5.10 Å². The van der Waals surface area contributed by atoms with Crippen LogP contribution in [0.4, 0.5) is 4.39 Å². The standard InChI is InChI=1S/C23H22ClFN2O3/c1-13-4-6-15(7-5-13)8-9-16-18(24)10-11-19(25)21(16)22-17(12-20(28)29)14(2)26-27(3)23(22)30/h4-7,10-11H,8-9,12H2,1-3H3,(H,28,29). The first-order chi connectivity index (χ1) is 14.2. The number of nitrogens with zero attached hydrogens (tertiary/aromatic N) is 2. The Balaban J connectivity index is 2.19. The highest BCUT2D eigenvalue weighted by Gasteiger charge is 2.24. The molecule has 0 fully saturated rings. The van der Waals surface area contributed by atoms with Crippen LogP contribution in [0.2, 0.25) is 5.02 Å². The minimum absolute atomic E-state index is 0.00584. The van der Waals surface area contributed by atoms with Crippen LogP contribution in [0.1, 0.15) is 27.9 Å². The van der Waals surface area contributed by atoms with Gasteiger partial charge in [0.25, 0.3) is 5.56 Å². The number of carboxylic acid groups (broad SMARTS) is 1. The van der Waals surface area contributed by atoms with Crippen molar-refractivity contribution in [1.82, 2.24) is 9.78 Å². The summed E-state index contributed by atoms with van der Waals surface area (Å²) < 4.78 is 16.2. The molecule has 0 spiro atoms. The number of halogens is 2. The Labute approximate surface area is 178 Å². The van der Waals surface area contributed by atoms with E-state index < -0.39 is 23.8 Å². The van der Waals surface area contributed by atoms with E-state index in [4.69, 9.17) is 11.6 Å². The maximum Gasteiger partial charge on any atom is 0.307 e. The Kier molecular flexibility index (Phi) is 6.37. The van der Waals surface area contributed by atoms with Gasteiger partial charge in [-0.3, -0.25) is 9.59 Å². The van der Waals surface area contributed by atoms with Crippen LogP contribution in [0.5, 0.6) is 0 Å². The lowest BCUT2D eigenvalue weighted by Crippen LogP contribution is -2.26. The Morgan fingerprint density at radius 2 is 1.73 bits per heavy atom. The fraction of sp³-hybridized carbons (Fsp3) is 0.261. The summed E-state index contributed by atoms with van der Waals surface area (Å²) in [5.41, 5.74) is 2.72. The molecule has 1 aromatic heterocycles. The summed E-state index contributed by atoms with van der Waals surface area (Å²) in [5.74, 6) is -1.74. The maximum atomic E-state index is 15.1. The number of carboxylic acids is 1. The molecule has 3 aromatic rings. The van der Waals surface area contributed by atoms with E-state index in [0.29, 0.717) is 29.1 Å². The van der Waals surface area contributed by atoms with Crippen molar-refractivity contribution in [3.05, 3.63) is 85.5 Å². The van der Waals surface area contributed by atoms with Crippen LogP contribution >= 0.6 is 11.6 Å².